The first-order valence-corrected chi connectivity index (χ1v) is 6.07. The molecule has 0 saturated heterocycles. The highest BCUT2D eigenvalue weighted by Crippen LogP contribution is 2.18. The molecular weight excluding hydrogens is 285 g/mol. The molecule has 0 radical (unpaired) electrons. The molecule has 90 valence electrons. The van der Waals surface area contributed by atoms with Crippen molar-refractivity contribution < 1.29 is 9.18 Å². The summed E-state index contributed by atoms with van der Waals surface area (Å²) >= 11 is 3.04. The molecular formula is C13H13BrFNO. The number of halogens is 2. The van der Waals surface area contributed by atoms with Gasteiger partial charge in [-0.3, -0.25) is 4.79 Å². The van der Waals surface area contributed by atoms with Crippen LogP contribution in [0.25, 0.3) is 0 Å². The van der Waals surface area contributed by atoms with Crippen molar-refractivity contribution in [3.8, 4) is 12.3 Å². The monoisotopic (exact) mass is 297 g/mol. The van der Waals surface area contributed by atoms with E-state index in [-0.39, 0.29) is 16.1 Å². The maximum Gasteiger partial charge on any atom is 0.254 e. The molecule has 1 amide bonds. The van der Waals surface area contributed by atoms with Gasteiger partial charge in [-0.1, -0.05) is 13.0 Å². The van der Waals surface area contributed by atoms with Gasteiger partial charge < -0.3 is 5.32 Å². The highest BCUT2D eigenvalue weighted by atomic mass is 79.9. The van der Waals surface area contributed by atoms with Crippen molar-refractivity contribution >= 4 is 21.8 Å². The van der Waals surface area contributed by atoms with Crippen LogP contribution < -0.4 is 5.32 Å². The Balaban J connectivity index is 2.83. The van der Waals surface area contributed by atoms with Crippen molar-refractivity contribution in [2.45, 2.75) is 25.8 Å². The highest BCUT2D eigenvalue weighted by Gasteiger charge is 2.16. The fraction of sp³-hybridized carbons (Fsp3) is 0.308. The van der Waals surface area contributed by atoms with Gasteiger partial charge in [0.05, 0.1) is 10.0 Å². The van der Waals surface area contributed by atoms with Gasteiger partial charge in [-0.2, -0.15) is 0 Å². The number of carbonyl (C=O) groups is 1. The molecule has 1 aromatic carbocycles. The smallest absolute Gasteiger partial charge is 0.254 e. The minimum absolute atomic E-state index is 0.0230. The summed E-state index contributed by atoms with van der Waals surface area (Å²) in [6.45, 7) is 1.92. The molecule has 0 saturated carbocycles. The first kappa shape index (κ1) is 13.7. The van der Waals surface area contributed by atoms with Crippen molar-refractivity contribution in [3.63, 3.8) is 0 Å². The molecule has 0 aliphatic heterocycles. The number of terminal acetylenes is 1. The Kier molecular flexibility index (Phi) is 5.17. The molecule has 1 unspecified atom stereocenters. The molecule has 0 spiro atoms. The number of hydrogen-bond acceptors (Lipinski definition) is 1. The van der Waals surface area contributed by atoms with Crippen molar-refractivity contribution in [3.05, 3.63) is 34.1 Å². The Morgan fingerprint density at radius 2 is 2.35 bits per heavy atom. The third kappa shape index (κ3) is 3.57. The van der Waals surface area contributed by atoms with Crippen LogP contribution in [0.4, 0.5) is 4.39 Å². The van der Waals surface area contributed by atoms with Gasteiger partial charge in [0, 0.05) is 12.5 Å². The quantitative estimate of drug-likeness (QED) is 0.850. The van der Waals surface area contributed by atoms with Crippen LogP contribution in [0.1, 0.15) is 30.1 Å². The number of hydrogen-bond donors (Lipinski definition) is 1. The third-order valence-electron chi connectivity index (χ3n) is 2.39. The fourth-order valence-corrected chi connectivity index (χ4v) is 1.75. The minimum Gasteiger partial charge on any atom is -0.348 e. The van der Waals surface area contributed by atoms with Crippen molar-refractivity contribution in [1.82, 2.24) is 5.32 Å². The number of rotatable bonds is 4. The molecule has 0 aliphatic rings. The normalized spacial score (nSPS) is 11.6. The topological polar surface area (TPSA) is 29.1 Å². The van der Waals surface area contributed by atoms with Gasteiger partial charge in [-0.05, 0) is 34.5 Å². The third-order valence-corrected chi connectivity index (χ3v) is 3.00. The zero-order valence-corrected chi connectivity index (χ0v) is 11.1. The van der Waals surface area contributed by atoms with E-state index in [9.17, 15) is 9.18 Å². The Morgan fingerprint density at radius 3 is 2.94 bits per heavy atom. The molecule has 17 heavy (non-hydrogen) atoms. The number of carbonyl (C=O) groups excluding carboxylic acids is 1. The van der Waals surface area contributed by atoms with E-state index in [1.807, 2.05) is 6.92 Å². The van der Waals surface area contributed by atoms with E-state index in [0.29, 0.717) is 12.8 Å². The summed E-state index contributed by atoms with van der Waals surface area (Å²) in [5.74, 6) is 1.49. The molecule has 0 aliphatic carbocycles. The summed E-state index contributed by atoms with van der Waals surface area (Å²) < 4.78 is 13.9. The standard InChI is InChI=1S/C13H13BrFNO/c1-3-6-9(4-2)16-13(17)10-7-5-8-11(14)12(10)15/h1,5,7-9H,4,6H2,2H3,(H,16,17). The second-order valence-corrected chi connectivity index (χ2v) is 4.44. The molecule has 1 N–H and O–H groups in total. The SMILES string of the molecule is C#CCC(CC)NC(=O)c1cccc(Br)c1F. The predicted molar refractivity (Wildman–Crippen MR) is 69.1 cm³/mol. The lowest BCUT2D eigenvalue weighted by Crippen LogP contribution is -2.34. The molecule has 0 bridgehead atoms. The number of amides is 1. The predicted octanol–water partition coefficient (Wildman–Crippen LogP) is 3.12. The molecule has 4 heteroatoms. The fourth-order valence-electron chi connectivity index (χ4n) is 1.38. The van der Waals surface area contributed by atoms with Gasteiger partial charge in [-0.25, -0.2) is 4.39 Å². The molecule has 0 fully saturated rings. The summed E-state index contributed by atoms with van der Waals surface area (Å²) in [7, 11) is 0. The summed E-state index contributed by atoms with van der Waals surface area (Å²) in [5.41, 5.74) is 0.0230. The lowest BCUT2D eigenvalue weighted by Gasteiger charge is -2.14. The van der Waals surface area contributed by atoms with E-state index < -0.39 is 11.7 Å². The average molecular weight is 298 g/mol. The maximum atomic E-state index is 13.6. The van der Waals surface area contributed by atoms with E-state index in [1.54, 1.807) is 12.1 Å². The van der Waals surface area contributed by atoms with Crippen molar-refractivity contribution in [2.24, 2.45) is 0 Å². The van der Waals surface area contributed by atoms with Crippen LogP contribution in [0.5, 0.6) is 0 Å². The molecule has 1 aromatic rings. The minimum atomic E-state index is -0.555. The van der Waals surface area contributed by atoms with Gasteiger partial charge in [0.15, 0.2) is 0 Å². The number of nitrogens with one attached hydrogen (secondary N) is 1. The first-order valence-electron chi connectivity index (χ1n) is 5.28. The van der Waals surface area contributed by atoms with Crippen molar-refractivity contribution in [2.75, 3.05) is 0 Å². The Bertz CT molecular complexity index is 453. The van der Waals surface area contributed by atoms with Gasteiger partial charge in [0.1, 0.15) is 5.82 Å². The largest absolute Gasteiger partial charge is 0.348 e. The lowest BCUT2D eigenvalue weighted by molar-refractivity contribution is 0.0932. The van der Waals surface area contributed by atoms with E-state index in [0.717, 1.165) is 0 Å². The summed E-state index contributed by atoms with van der Waals surface area (Å²) in [4.78, 5) is 11.8. The van der Waals surface area contributed by atoms with Gasteiger partial charge in [0.2, 0.25) is 0 Å². The first-order chi connectivity index (χ1) is 8.10. The van der Waals surface area contributed by atoms with E-state index in [4.69, 9.17) is 6.42 Å². The highest BCUT2D eigenvalue weighted by molar-refractivity contribution is 9.10. The summed E-state index contributed by atoms with van der Waals surface area (Å²) in [5, 5.41) is 2.71. The Morgan fingerprint density at radius 1 is 1.65 bits per heavy atom. The summed E-state index contributed by atoms with van der Waals surface area (Å²) in [6.07, 6.45) is 6.35. The Hall–Kier alpha value is -1.34. The summed E-state index contributed by atoms with van der Waals surface area (Å²) in [6, 6.07) is 4.48. The zero-order valence-electron chi connectivity index (χ0n) is 9.47. The Labute approximate surface area is 109 Å². The van der Waals surface area contributed by atoms with Gasteiger partial charge in [-0.15, -0.1) is 12.3 Å². The van der Waals surface area contributed by atoms with Crippen LogP contribution >= 0.6 is 15.9 Å². The second kappa shape index (κ2) is 6.41. The van der Waals surface area contributed by atoms with E-state index in [2.05, 4.69) is 27.2 Å². The van der Waals surface area contributed by atoms with Crippen LogP contribution in [0.2, 0.25) is 0 Å². The average Bonchev–Trinajstić information content (AvgIpc) is 2.31. The van der Waals surface area contributed by atoms with Crippen LogP contribution in [-0.2, 0) is 0 Å². The van der Waals surface area contributed by atoms with Crippen LogP contribution in [-0.4, -0.2) is 11.9 Å². The molecule has 1 rings (SSSR count). The van der Waals surface area contributed by atoms with Gasteiger partial charge >= 0.3 is 0 Å². The molecule has 1 atom stereocenters. The van der Waals surface area contributed by atoms with E-state index in [1.165, 1.54) is 6.07 Å². The zero-order chi connectivity index (χ0) is 12.8. The second-order valence-electron chi connectivity index (χ2n) is 3.59. The van der Waals surface area contributed by atoms with Gasteiger partial charge in [0.25, 0.3) is 5.91 Å². The molecule has 0 heterocycles. The van der Waals surface area contributed by atoms with E-state index >= 15 is 0 Å². The van der Waals surface area contributed by atoms with Crippen molar-refractivity contribution in [1.29, 1.82) is 0 Å². The maximum absolute atomic E-state index is 13.6. The van der Waals surface area contributed by atoms with Crippen LogP contribution in [0.15, 0.2) is 22.7 Å². The van der Waals surface area contributed by atoms with Crippen LogP contribution in [0, 0.1) is 18.2 Å². The molecule has 0 aromatic heterocycles. The lowest BCUT2D eigenvalue weighted by atomic mass is 10.1. The van der Waals surface area contributed by atoms with Crippen LogP contribution in [0.3, 0.4) is 0 Å². The molecule has 2 nitrogen and oxygen atoms in total. The number of benzene rings is 1.